The van der Waals surface area contributed by atoms with Gasteiger partial charge in [-0.05, 0) is 38.1 Å². The van der Waals surface area contributed by atoms with E-state index in [0.717, 1.165) is 22.6 Å². The second-order valence-corrected chi connectivity index (χ2v) is 7.67. The lowest BCUT2D eigenvalue weighted by Crippen LogP contribution is -2.13. The van der Waals surface area contributed by atoms with Crippen molar-refractivity contribution in [3.8, 4) is 5.75 Å². The number of benzene rings is 1. The standard InChI is InChI=1S/C24H22N6O3/c1-16-21(17(2)33-28-16)15-32-22-8-4-3-7-20(22)24(31)27-18-11-25-30(13-18)14-19-12-29-10-6-5-9-23(29)26-19/h3-13H,14-15H2,1-2H3,(H,27,31). The van der Waals surface area contributed by atoms with Crippen LogP contribution < -0.4 is 10.1 Å². The van der Waals surface area contributed by atoms with Gasteiger partial charge in [0.25, 0.3) is 5.91 Å². The van der Waals surface area contributed by atoms with Gasteiger partial charge in [0.15, 0.2) is 0 Å². The molecule has 0 bridgehead atoms. The molecule has 0 saturated heterocycles. The first-order valence-corrected chi connectivity index (χ1v) is 10.5. The van der Waals surface area contributed by atoms with Gasteiger partial charge in [-0.3, -0.25) is 9.48 Å². The van der Waals surface area contributed by atoms with Gasteiger partial charge < -0.3 is 19.0 Å². The van der Waals surface area contributed by atoms with Crippen LogP contribution in [0.25, 0.3) is 5.65 Å². The monoisotopic (exact) mass is 442 g/mol. The van der Waals surface area contributed by atoms with E-state index in [-0.39, 0.29) is 12.5 Å². The third-order valence-electron chi connectivity index (χ3n) is 5.31. The van der Waals surface area contributed by atoms with Crippen LogP contribution in [0.5, 0.6) is 5.75 Å². The first kappa shape index (κ1) is 20.5. The zero-order valence-corrected chi connectivity index (χ0v) is 18.2. The number of nitrogens with zero attached hydrogens (tertiary/aromatic N) is 5. The number of aromatic nitrogens is 5. The van der Waals surface area contributed by atoms with E-state index in [2.05, 4.69) is 20.6 Å². The Morgan fingerprint density at radius 3 is 2.79 bits per heavy atom. The van der Waals surface area contributed by atoms with E-state index in [9.17, 15) is 4.79 Å². The number of rotatable bonds is 7. The third kappa shape index (κ3) is 4.33. The number of pyridine rings is 1. The minimum absolute atomic E-state index is 0.266. The molecule has 0 unspecified atom stereocenters. The molecule has 1 aromatic carbocycles. The van der Waals surface area contributed by atoms with Crippen LogP contribution in [0, 0.1) is 13.8 Å². The summed E-state index contributed by atoms with van der Waals surface area (Å²) in [6, 6.07) is 13.0. The van der Waals surface area contributed by atoms with Crippen molar-refractivity contribution in [1.82, 2.24) is 24.3 Å². The molecule has 0 aliphatic rings. The number of anilines is 1. The van der Waals surface area contributed by atoms with Crippen molar-refractivity contribution >= 4 is 17.2 Å². The van der Waals surface area contributed by atoms with E-state index in [4.69, 9.17) is 9.26 Å². The molecule has 0 fully saturated rings. The van der Waals surface area contributed by atoms with Gasteiger partial charge in [0, 0.05) is 18.6 Å². The van der Waals surface area contributed by atoms with Crippen LogP contribution in [0.15, 0.2) is 71.8 Å². The van der Waals surface area contributed by atoms with Crippen molar-refractivity contribution in [2.45, 2.75) is 27.0 Å². The smallest absolute Gasteiger partial charge is 0.259 e. The number of aryl methyl sites for hydroxylation is 2. The largest absolute Gasteiger partial charge is 0.488 e. The minimum atomic E-state index is -0.281. The van der Waals surface area contributed by atoms with E-state index in [0.29, 0.717) is 29.3 Å². The maximum atomic E-state index is 12.9. The number of carbonyl (C=O) groups is 1. The van der Waals surface area contributed by atoms with Crippen LogP contribution in [0.1, 0.15) is 33.1 Å². The Balaban J connectivity index is 1.27. The fourth-order valence-electron chi connectivity index (χ4n) is 3.58. The van der Waals surface area contributed by atoms with Crippen molar-refractivity contribution in [2.75, 3.05) is 5.32 Å². The SMILES string of the molecule is Cc1noc(C)c1COc1ccccc1C(=O)Nc1cnn(Cc2cn3ccccc3n2)c1. The molecule has 0 saturated carbocycles. The Morgan fingerprint density at radius 1 is 1.12 bits per heavy atom. The van der Waals surface area contributed by atoms with Gasteiger partial charge in [-0.25, -0.2) is 4.98 Å². The molecule has 4 heterocycles. The number of nitrogens with one attached hydrogen (secondary N) is 1. The maximum Gasteiger partial charge on any atom is 0.259 e. The summed E-state index contributed by atoms with van der Waals surface area (Å²) in [6.07, 6.45) is 7.30. The molecule has 5 rings (SSSR count). The highest BCUT2D eigenvalue weighted by atomic mass is 16.5. The summed E-state index contributed by atoms with van der Waals surface area (Å²) >= 11 is 0. The first-order chi connectivity index (χ1) is 16.1. The number of fused-ring (bicyclic) bond motifs is 1. The van der Waals surface area contributed by atoms with E-state index >= 15 is 0 Å². The van der Waals surface area contributed by atoms with Crippen LogP contribution >= 0.6 is 0 Å². The van der Waals surface area contributed by atoms with Crippen LogP contribution in [0.2, 0.25) is 0 Å². The van der Waals surface area contributed by atoms with Crippen molar-refractivity contribution in [3.63, 3.8) is 0 Å². The van der Waals surface area contributed by atoms with Crippen molar-refractivity contribution in [2.24, 2.45) is 0 Å². The molecular formula is C24H22N6O3. The average Bonchev–Trinajstić information content (AvgIpc) is 3.51. The van der Waals surface area contributed by atoms with Crippen LogP contribution in [0.4, 0.5) is 5.69 Å². The summed E-state index contributed by atoms with van der Waals surface area (Å²) < 4.78 is 14.8. The highest BCUT2D eigenvalue weighted by Gasteiger charge is 2.16. The summed E-state index contributed by atoms with van der Waals surface area (Å²) in [5, 5.41) is 11.2. The molecule has 33 heavy (non-hydrogen) atoms. The lowest BCUT2D eigenvalue weighted by atomic mass is 10.1. The van der Waals surface area contributed by atoms with Gasteiger partial charge in [0.05, 0.1) is 40.9 Å². The minimum Gasteiger partial charge on any atom is -0.488 e. The highest BCUT2D eigenvalue weighted by Crippen LogP contribution is 2.22. The molecule has 0 spiro atoms. The topological polar surface area (TPSA) is 99.5 Å². The van der Waals surface area contributed by atoms with Crippen LogP contribution in [-0.4, -0.2) is 30.2 Å². The predicted molar refractivity (Wildman–Crippen MR) is 121 cm³/mol. The number of carbonyl (C=O) groups excluding carboxylic acids is 1. The Hall–Kier alpha value is -4.40. The van der Waals surface area contributed by atoms with Gasteiger partial charge in [0.1, 0.15) is 23.8 Å². The zero-order chi connectivity index (χ0) is 22.8. The number of hydrogen-bond acceptors (Lipinski definition) is 6. The molecule has 9 nitrogen and oxygen atoms in total. The Morgan fingerprint density at radius 2 is 1.97 bits per heavy atom. The number of hydrogen-bond donors (Lipinski definition) is 1. The van der Waals surface area contributed by atoms with E-state index in [1.54, 1.807) is 35.3 Å². The molecule has 5 aromatic rings. The van der Waals surface area contributed by atoms with Crippen LogP contribution in [0.3, 0.4) is 0 Å². The molecule has 0 radical (unpaired) electrons. The average molecular weight is 442 g/mol. The highest BCUT2D eigenvalue weighted by molar-refractivity contribution is 6.06. The Labute approximate surface area is 189 Å². The molecule has 1 N–H and O–H groups in total. The van der Waals surface area contributed by atoms with Gasteiger partial charge >= 0.3 is 0 Å². The summed E-state index contributed by atoms with van der Waals surface area (Å²) in [7, 11) is 0. The van der Waals surface area contributed by atoms with Crippen molar-refractivity contribution < 1.29 is 14.1 Å². The summed E-state index contributed by atoms with van der Waals surface area (Å²) in [4.78, 5) is 17.5. The third-order valence-corrected chi connectivity index (χ3v) is 5.31. The number of amides is 1. The fraction of sp³-hybridized carbons (Fsp3) is 0.167. The quantitative estimate of drug-likeness (QED) is 0.409. The lowest BCUT2D eigenvalue weighted by molar-refractivity contribution is 0.102. The lowest BCUT2D eigenvalue weighted by Gasteiger charge is -2.11. The molecule has 9 heteroatoms. The van der Waals surface area contributed by atoms with Gasteiger partial charge in [0.2, 0.25) is 0 Å². The Bertz CT molecular complexity index is 1380. The van der Waals surface area contributed by atoms with Crippen molar-refractivity contribution in [3.05, 3.63) is 95.5 Å². The number of ether oxygens (including phenoxy) is 1. The zero-order valence-electron chi connectivity index (χ0n) is 18.2. The molecule has 166 valence electrons. The van der Waals surface area contributed by atoms with Gasteiger partial charge in [-0.15, -0.1) is 0 Å². The number of imidazole rings is 1. The van der Waals surface area contributed by atoms with Gasteiger partial charge in [-0.2, -0.15) is 5.10 Å². The first-order valence-electron chi connectivity index (χ1n) is 10.5. The molecule has 1 amide bonds. The fourth-order valence-corrected chi connectivity index (χ4v) is 3.58. The normalized spacial score (nSPS) is 11.1. The summed E-state index contributed by atoms with van der Waals surface area (Å²) in [5.74, 6) is 0.899. The van der Waals surface area contributed by atoms with E-state index in [1.807, 2.05) is 54.9 Å². The van der Waals surface area contributed by atoms with Gasteiger partial charge in [-0.1, -0.05) is 23.4 Å². The van der Waals surface area contributed by atoms with E-state index < -0.39 is 0 Å². The Kier molecular flexibility index (Phi) is 5.35. The molecule has 4 aromatic heterocycles. The molecule has 0 aliphatic carbocycles. The molecule has 0 atom stereocenters. The predicted octanol–water partition coefficient (Wildman–Crippen LogP) is 4.02. The second kappa shape index (κ2) is 8.62. The van der Waals surface area contributed by atoms with Crippen molar-refractivity contribution in [1.29, 1.82) is 0 Å². The number of para-hydroxylation sites is 1. The van der Waals surface area contributed by atoms with Crippen LogP contribution in [-0.2, 0) is 13.2 Å². The molecule has 0 aliphatic heterocycles. The second-order valence-electron chi connectivity index (χ2n) is 7.67. The summed E-state index contributed by atoms with van der Waals surface area (Å²) in [5.41, 5.74) is 4.41. The summed E-state index contributed by atoms with van der Waals surface area (Å²) in [6.45, 7) is 4.45. The maximum absolute atomic E-state index is 12.9. The van der Waals surface area contributed by atoms with E-state index in [1.165, 1.54) is 0 Å². The molecular weight excluding hydrogens is 420 g/mol.